The molecular formula is C21H20ClN3O2S2. The molecule has 0 aliphatic rings. The first-order valence-electron chi connectivity index (χ1n) is 8.89. The third-order valence-corrected chi connectivity index (χ3v) is 6.56. The topological polar surface area (TPSA) is 71.1 Å². The summed E-state index contributed by atoms with van der Waals surface area (Å²) < 4.78 is 0.755. The van der Waals surface area contributed by atoms with Crippen LogP contribution in [0.2, 0.25) is 5.02 Å². The standard InChI is InChI=1S/C21H20ClN3O2S2/c1-13-6-8-15(9-7-13)23-20(27)12-29-21-24-16(11-28-21)10-19(26)25-18-5-3-4-17(22)14(18)2/h3-9,11H,10,12H2,1-2H3,(H,23,27)(H,25,26). The third-order valence-electron chi connectivity index (χ3n) is 4.08. The minimum Gasteiger partial charge on any atom is -0.325 e. The van der Waals surface area contributed by atoms with Crippen LogP contribution in [-0.2, 0) is 16.0 Å². The minimum absolute atomic E-state index is 0.0928. The second kappa shape index (κ2) is 9.91. The van der Waals surface area contributed by atoms with Crippen molar-refractivity contribution in [1.29, 1.82) is 0 Å². The molecule has 0 atom stereocenters. The molecular weight excluding hydrogens is 426 g/mol. The van der Waals surface area contributed by atoms with Crippen molar-refractivity contribution in [2.75, 3.05) is 16.4 Å². The Hall–Kier alpha value is -2.35. The highest BCUT2D eigenvalue weighted by Gasteiger charge is 2.12. The van der Waals surface area contributed by atoms with E-state index >= 15 is 0 Å². The van der Waals surface area contributed by atoms with Gasteiger partial charge in [0.15, 0.2) is 4.34 Å². The Kier molecular flexibility index (Phi) is 7.30. The average molecular weight is 446 g/mol. The van der Waals surface area contributed by atoms with E-state index in [-0.39, 0.29) is 24.0 Å². The van der Waals surface area contributed by atoms with Crippen LogP contribution in [0, 0.1) is 13.8 Å². The number of rotatable bonds is 7. The number of hydrogen-bond acceptors (Lipinski definition) is 5. The van der Waals surface area contributed by atoms with Crippen molar-refractivity contribution in [2.45, 2.75) is 24.6 Å². The zero-order valence-corrected chi connectivity index (χ0v) is 18.4. The fourth-order valence-electron chi connectivity index (χ4n) is 2.50. The monoisotopic (exact) mass is 445 g/mol. The van der Waals surface area contributed by atoms with Crippen molar-refractivity contribution in [1.82, 2.24) is 4.98 Å². The largest absolute Gasteiger partial charge is 0.325 e. The number of nitrogens with one attached hydrogen (secondary N) is 2. The summed E-state index contributed by atoms with van der Waals surface area (Å²) >= 11 is 8.86. The van der Waals surface area contributed by atoms with Crippen LogP contribution in [0.4, 0.5) is 11.4 Å². The quantitative estimate of drug-likeness (QED) is 0.482. The molecule has 5 nitrogen and oxygen atoms in total. The van der Waals surface area contributed by atoms with Crippen molar-refractivity contribution in [3.05, 3.63) is 69.7 Å². The lowest BCUT2D eigenvalue weighted by atomic mass is 10.2. The molecule has 0 spiro atoms. The van der Waals surface area contributed by atoms with Gasteiger partial charge in [0.25, 0.3) is 0 Å². The lowest BCUT2D eigenvalue weighted by Crippen LogP contribution is -2.15. The number of amides is 2. The van der Waals surface area contributed by atoms with Crippen LogP contribution in [0.25, 0.3) is 0 Å². The maximum Gasteiger partial charge on any atom is 0.234 e. The summed E-state index contributed by atoms with van der Waals surface area (Å²) in [6, 6.07) is 13.0. The highest BCUT2D eigenvalue weighted by atomic mass is 35.5. The Morgan fingerprint density at radius 2 is 1.83 bits per heavy atom. The van der Waals surface area contributed by atoms with E-state index in [1.165, 1.54) is 23.1 Å². The number of aromatic nitrogens is 1. The van der Waals surface area contributed by atoms with Gasteiger partial charge in [0, 0.05) is 21.8 Å². The molecule has 0 saturated carbocycles. The van der Waals surface area contributed by atoms with Crippen LogP contribution >= 0.6 is 34.7 Å². The lowest BCUT2D eigenvalue weighted by Gasteiger charge is -2.08. The van der Waals surface area contributed by atoms with Crippen molar-refractivity contribution in [2.24, 2.45) is 0 Å². The van der Waals surface area contributed by atoms with Gasteiger partial charge in [0.2, 0.25) is 11.8 Å². The molecule has 0 fully saturated rings. The fourth-order valence-corrected chi connectivity index (χ4v) is 4.32. The SMILES string of the molecule is Cc1ccc(NC(=O)CSc2nc(CC(=O)Nc3cccc(Cl)c3C)cs2)cc1. The van der Waals surface area contributed by atoms with Crippen LogP contribution in [0.1, 0.15) is 16.8 Å². The Morgan fingerprint density at radius 1 is 1.07 bits per heavy atom. The summed E-state index contributed by atoms with van der Waals surface area (Å²) in [7, 11) is 0. The lowest BCUT2D eigenvalue weighted by molar-refractivity contribution is -0.116. The van der Waals surface area contributed by atoms with E-state index in [0.29, 0.717) is 16.4 Å². The van der Waals surface area contributed by atoms with E-state index < -0.39 is 0 Å². The summed E-state index contributed by atoms with van der Waals surface area (Å²) in [4.78, 5) is 28.8. The van der Waals surface area contributed by atoms with E-state index in [9.17, 15) is 9.59 Å². The molecule has 150 valence electrons. The maximum absolute atomic E-state index is 12.3. The van der Waals surface area contributed by atoms with Gasteiger partial charge in [-0.05, 0) is 43.7 Å². The molecule has 2 amide bonds. The molecule has 3 aromatic rings. The van der Waals surface area contributed by atoms with E-state index in [2.05, 4.69) is 15.6 Å². The van der Waals surface area contributed by atoms with Crippen molar-refractivity contribution >= 4 is 57.9 Å². The molecule has 1 heterocycles. The molecule has 2 aromatic carbocycles. The molecule has 0 aliphatic carbocycles. The zero-order chi connectivity index (χ0) is 20.8. The smallest absolute Gasteiger partial charge is 0.234 e. The average Bonchev–Trinajstić information content (AvgIpc) is 3.13. The molecule has 3 rings (SSSR count). The number of benzene rings is 2. The van der Waals surface area contributed by atoms with Gasteiger partial charge in [0.1, 0.15) is 0 Å². The Morgan fingerprint density at radius 3 is 2.59 bits per heavy atom. The van der Waals surface area contributed by atoms with Gasteiger partial charge in [-0.15, -0.1) is 11.3 Å². The summed E-state index contributed by atoms with van der Waals surface area (Å²) in [5.41, 5.74) is 4.11. The highest BCUT2D eigenvalue weighted by molar-refractivity contribution is 8.01. The van der Waals surface area contributed by atoms with Crippen LogP contribution < -0.4 is 10.6 Å². The number of thiazole rings is 1. The molecule has 29 heavy (non-hydrogen) atoms. The molecule has 0 unspecified atom stereocenters. The first-order valence-corrected chi connectivity index (χ1v) is 11.1. The van der Waals surface area contributed by atoms with Crippen LogP contribution in [0.5, 0.6) is 0 Å². The van der Waals surface area contributed by atoms with Gasteiger partial charge in [-0.25, -0.2) is 4.98 Å². The first-order chi connectivity index (χ1) is 13.9. The summed E-state index contributed by atoms with van der Waals surface area (Å²) in [6.45, 7) is 3.86. The summed E-state index contributed by atoms with van der Waals surface area (Å²) in [6.07, 6.45) is 0.165. The highest BCUT2D eigenvalue weighted by Crippen LogP contribution is 2.25. The second-order valence-electron chi connectivity index (χ2n) is 6.44. The van der Waals surface area contributed by atoms with Gasteiger partial charge in [-0.2, -0.15) is 0 Å². The molecule has 0 bridgehead atoms. The normalized spacial score (nSPS) is 10.6. The number of nitrogens with zero attached hydrogens (tertiary/aromatic N) is 1. The van der Waals surface area contributed by atoms with Gasteiger partial charge < -0.3 is 10.6 Å². The second-order valence-corrected chi connectivity index (χ2v) is 8.93. The van der Waals surface area contributed by atoms with Gasteiger partial charge >= 0.3 is 0 Å². The van der Waals surface area contributed by atoms with Gasteiger partial charge in [0.05, 0.1) is 17.9 Å². The zero-order valence-electron chi connectivity index (χ0n) is 16.0. The van der Waals surface area contributed by atoms with Crippen molar-refractivity contribution in [3.63, 3.8) is 0 Å². The Labute approximate surface area is 182 Å². The van der Waals surface area contributed by atoms with E-state index in [1.807, 2.05) is 49.6 Å². The predicted octanol–water partition coefficient (Wildman–Crippen LogP) is 5.33. The molecule has 0 aliphatic heterocycles. The van der Waals surface area contributed by atoms with Crippen LogP contribution in [0.15, 0.2) is 52.2 Å². The summed E-state index contributed by atoms with van der Waals surface area (Å²) in [5.74, 6) is 0.00784. The molecule has 2 N–H and O–H groups in total. The minimum atomic E-state index is -0.158. The van der Waals surface area contributed by atoms with Gasteiger partial charge in [-0.3, -0.25) is 9.59 Å². The number of anilines is 2. The fraction of sp³-hybridized carbons (Fsp3) is 0.190. The van der Waals surface area contributed by atoms with Crippen molar-refractivity contribution < 1.29 is 9.59 Å². The molecule has 0 radical (unpaired) electrons. The third kappa shape index (κ3) is 6.32. The maximum atomic E-state index is 12.3. The van der Waals surface area contributed by atoms with E-state index in [4.69, 9.17) is 11.6 Å². The van der Waals surface area contributed by atoms with Crippen molar-refractivity contribution in [3.8, 4) is 0 Å². The first kappa shape index (κ1) is 21.4. The molecule has 8 heteroatoms. The number of hydrogen-bond donors (Lipinski definition) is 2. The number of halogens is 1. The molecule has 0 saturated heterocycles. The van der Waals surface area contributed by atoms with E-state index in [1.54, 1.807) is 12.1 Å². The summed E-state index contributed by atoms with van der Waals surface area (Å²) in [5, 5.41) is 8.17. The van der Waals surface area contributed by atoms with Gasteiger partial charge in [-0.1, -0.05) is 47.1 Å². The van der Waals surface area contributed by atoms with E-state index in [0.717, 1.165) is 21.2 Å². The predicted molar refractivity (Wildman–Crippen MR) is 121 cm³/mol. The molecule has 1 aromatic heterocycles. The Balaban J connectivity index is 1.48. The number of carbonyl (C=O) groups excluding carboxylic acids is 2. The number of carbonyl (C=O) groups is 2. The van der Waals surface area contributed by atoms with Crippen LogP contribution in [0.3, 0.4) is 0 Å². The number of aryl methyl sites for hydroxylation is 1. The van der Waals surface area contributed by atoms with Crippen LogP contribution in [-0.4, -0.2) is 22.6 Å². The number of thioether (sulfide) groups is 1. The Bertz CT molecular complexity index is 1020.